The third-order valence-corrected chi connectivity index (χ3v) is 6.03. The van der Waals surface area contributed by atoms with Gasteiger partial charge in [-0.25, -0.2) is 9.18 Å². The molecule has 0 aliphatic carbocycles. The molecule has 0 bridgehead atoms. The first-order valence-electron chi connectivity index (χ1n) is 12.1. The molecule has 1 heterocycles. The maximum Gasteiger partial charge on any atom is 0.410 e. The van der Waals surface area contributed by atoms with Gasteiger partial charge in [-0.2, -0.15) is 0 Å². The Bertz CT molecular complexity index is 925. The summed E-state index contributed by atoms with van der Waals surface area (Å²) in [5, 5.41) is 12.7. The number of likely N-dealkylation sites (tertiary alicyclic amines) is 1. The van der Waals surface area contributed by atoms with Gasteiger partial charge in [0.05, 0.1) is 19.2 Å². The molecule has 10 heteroatoms. The lowest BCUT2D eigenvalue weighted by Crippen LogP contribution is -2.59. The minimum absolute atomic E-state index is 0.206. The van der Waals surface area contributed by atoms with Crippen molar-refractivity contribution in [3.05, 3.63) is 30.1 Å². The van der Waals surface area contributed by atoms with Gasteiger partial charge in [0.1, 0.15) is 35.4 Å². The molecular formula is C26H40FN3O6. The fourth-order valence-electron chi connectivity index (χ4n) is 3.85. The molecule has 36 heavy (non-hydrogen) atoms. The zero-order valence-corrected chi connectivity index (χ0v) is 22.5. The number of ether oxygens (including phenoxy) is 2. The molecular weight excluding hydrogens is 469 g/mol. The summed E-state index contributed by atoms with van der Waals surface area (Å²) in [6.07, 6.45) is -0.656. The lowest BCUT2D eigenvalue weighted by molar-refractivity contribution is -0.141. The molecule has 1 saturated heterocycles. The van der Waals surface area contributed by atoms with Crippen molar-refractivity contribution in [2.24, 2.45) is 5.41 Å². The zero-order valence-electron chi connectivity index (χ0n) is 22.5. The average Bonchev–Trinajstić information content (AvgIpc) is 3.18. The molecule has 1 aliphatic rings. The molecule has 2 N–H and O–H groups in total. The normalized spacial score (nSPS) is 19.9. The highest BCUT2D eigenvalue weighted by atomic mass is 19.1. The third-order valence-electron chi connectivity index (χ3n) is 6.03. The predicted octanol–water partition coefficient (Wildman–Crippen LogP) is 2.95. The first-order valence-corrected chi connectivity index (χ1v) is 12.1. The van der Waals surface area contributed by atoms with Crippen molar-refractivity contribution in [2.45, 2.75) is 84.7 Å². The number of likely N-dealkylation sites (N-methyl/N-ethyl adjacent to an activating group) is 1. The second-order valence-electron chi connectivity index (χ2n) is 11.3. The quantitative estimate of drug-likeness (QED) is 0.585. The van der Waals surface area contributed by atoms with Gasteiger partial charge in [-0.05, 0) is 57.4 Å². The van der Waals surface area contributed by atoms with Crippen LogP contribution in [-0.4, -0.2) is 82.8 Å². The van der Waals surface area contributed by atoms with E-state index >= 15 is 0 Å². The smallest absolute Gasteiger partial charge is 0.410 e. The van der Waals surface area contributed by atoms with Gasteiger partial charge in [-0.15, -0.1) is 0 Å². The van der Waals surface area contributed by atoms with Gasteiger partial charge in [0, 0.05) is 13.5 Å². The molecule has 4 unspecified atom stereocenters. The standard InChI is InChI=1S/C26H40FN3O6/c1-16(29(8)24(34)36-26(5,6)7)22(32)28-21(25(2,3)4)23(33)30-14-20(13-18(30)15-31)35-19-11-9-17(27)10-12-19/h9-12,16,18,20-21,31H,13-15H2,1-8H3,(H,28,32). The number of amides is 3. The van der Waals surface area contributed by atoms with Crippen LogP contribution in [0.3, 0.4) is 0 Å². The number of hydrogen-bond donors (Lipinski definition) is 2. The first-order chi connectivity index (χ1) is 16.5. The van der Waals surface area contributed by atoms with E-state index in [0.717, 1.165) is 0 Å². The number of nitrogens with one attached hydrogen (secondary N) is 1. The number of hydrogen-bond acceptors (Lipinski definition) is 6. The number of benzene rings is 1. The van der Waals surface area contributed by atoms with Gasteiger partial charge in [-0.1, -0.05) is 20.8 Å². The van der Waals surface area contributed by atoms with Crippen molar-refractivity contribution in [1.29, 1.82) is 0 Å². The Morgan fingerprint density at radius 2 is 1.75 bits per heavy atom. The number of halogens is 1. The molecule has 1 aromatic rings. The Morgan fingerprint density at radius 3 is 2.25 bits per heavy atom. The number of rotatable bonds is 7. The second-order valence-corrected chi connectivity index (χ2v) is 11.3. The van der Waals surface area contributed by atoms with Crippen LogP contribution in [0.15, 0.2) is 24.3 Å². The molecule has 0 radical (unpaired) electrons. The summed E-state index contributed by atoms with van der Waals surface area (Å²) in [4.78, 5) is 41.8. The summed E-state index contributed by atoms with van der Waals surface area (Å²) < 4.78 is 24.5. The Hall–Kier alpha value is -2.88. The molecule has 0 saturated carbocycles. The van der Waals surface area contributed by atoms with Crippen LogP contribution in [0.2, 0.25) is 0 Å². The van der Waals surface area contributed by atoms with E-state index in [2.05, 4.69) is 5.32 Å². The Morgan fingerprint density at radius 1 is 1.17 bits per heavy atom. The number of aliphatic hydroxyl groups is 1. The predicted molar refractivity (Wildman–Crippen MR) is 133 cm³/mol. The van der Waals surface area contributed by atoms with Crippen molar-refractivity contribution < 1.29 is 33.4 Å². The molecule has 202 valence electrons. The first kappa shape index (κ1) is 29.4. The molecule has 1 fully saturated rings. The van der Waals surface area contributed by atoms with E-state index in [0.29, 0.717) is 12.2 Å². The summed E-state index contributed by atoms with van der Waals surface area (Å²) >= 11 is 0. The number of nitrogens with zero attached hydrogens (tertiary/aromatic N) is 2. The van der Waals surface area contributed by atoms with Crippen LogP contribution in [0, 0.1) is 11.2 Å². The summed E-state index contributed by atoms with van der Waals surface area (Å²) in [5.74, 6) is -0.774. The second kappa shape index (κ2) is 11.5. The topological polar surface area (TPSA) is 108 Å². The minimum atomic E-state index is -0.918. The number of carbonyl (C=O) groups is 3. The lowest BCUT2D eigenvalue weighted by Gasteiger charge is -2.36. The van der Waals surface area contributed by atoms with Crippen molar-refractivity contribution in [3.63, 3.8) is 0 Å². The molecule has 1 aromatic carbocycles. The van der Waals surface area contributed by atoms with E-state index < -0.39 is 47.2 Å². The molecule has 4 atom stereocenters. The van der Waals surface area contributed by atoms with Gasteiger partial charge in [0.15, 0.2) is 0 Å². The van der Waals surface area contributed by atoms with Crippen LogP contribution in [-0.2, 0) is 14.3 Å². The summed E-state index contributed by atoms with van der Waals surface area (Å²) in [5.41, 5.74) is -1.38. The van der Waals surface area contributed by atoms with E-state index in [1.54, 1.807) is 27.7 Å². The van der Waals surface area contributed by atoms with Crippen molar-refractivity contribution in [1.82, 2.24) is 15.1 Å². The van der Waals surface area contributed by atoms with Crippen molar-refractivity contribution in [2.75, 3.05) is 20.2 Å². The Kier molecular flexibility index (Phi) is 9.34. The molecule has 2 rings (SSSR count). The van der Waals surface area contributed by atoms with E-state index in [1.165, 1.54) is 41.1 Å². The van der Waals surface area contributed by atoms with Crippen LogP contribution in [0.4, 0.5) is 9.18 Å². The number of aliphatic hydroxyl groups excluding tert-OH is 1. The van der Waals surface area contributed by atoms with Gasteiger partial charge < -0.3 is 24.8 Å². The molecule has 0 aromatic heterocycles. The van der Waals surface area contributed by atoms with Crippen LogP contribution in [0.25, 0.3) is 0 Å². The minimum Gasteiger partial charge on any atom is -0.489 e. The van der Waals surface area contributed by atoms with Crippen molar-refractivity contribution >= 4 is 17.9 Å². The summed E-state index contributed by atoms with van der Waals surface area (Å²) in [6.45, 7) is 12.2. The highest BCUT2D eigenvalue weighted by Crippen LogP contribution is 2.28. The van der Waals surface area contributed by atoms with Gasteiger partial charge in [0.2, 0.25) is 11.8 Å². The molecule has 3 amide bonds. The van der Waals surface area contributed by atoms with Gasteiger partial charge in [0.25, 0.3) is 0 Å². The maximum atomic E-state index is 13.6. The highest BCUT2D eigenvalue weighted by molar-refractivity contribution is 5.91. The van der Waals surface area contributed by atoms with Crippen LogP contribution in [0.1, 0.15) is 54.9 Å². The monoisotopic (exact) mass is 509 g/mol. The lowest BCUT2D eigenvalue weighted by atomic mass is 9.85. The van der Waals surface area contributed by atoms with E-state index in [9.17, 15) is 23.9 Å². The molecule has 0 spiro atoms. The third kappa shape index (κ3) is 7.81. The Labute approximate surface area is 212 Å². The van der Waals surface area contributed by atoms with Gasteiger partial charge >= 0.3 is 6.09 Å². The summed E-state index contributed by atoms with van der Waals surface area (Å²) in [7, 11) is 1.46. The SMILES string of the molecule is CC(C(=O)NC(C(=O)N1CC(Oc2ccc(F)cc2)CC1CO)C(C)(C)C)N(C)C(=O)OC(C)(C)C. The maximum absolute atomic E-state index is 13.6. The summed E-state index contributed by atoms with van der Waals surface area (Å²) in [6, 6.07) is 3.29. The number of carbonyl (C=O) groups excluding carboxylic acids is 3. The van der Waals surface area contributed by atoms with E-state index in [4.69, 9.17) is 9.47 Å². The average molecular weight is 510 g/mol. The van der Waals surface area contributed by atoms with Crippen LogP contribution >= 0.6 is 0 Å². The molecule has 1 aliphatic heterocycles. The van der Waals surface area contributed by atoms with Gasteiger partial charge in [-0.3, -0.25) is 14.5 Å². The fraction of sp³-hybridized carbons (Fsp3) is 0.654. The van der Waals surface area contributed by atoms with E-state index in [1.807, 2.05) is 20.8 Å². The van der Waals surface area contributed by atoms with Crippen molar-refractivity contribution in [3.8, 4) is 5.75 Å². The zero-order chi connectivity index (χ0) is 27.4. The molecule has 9 nitrogen and oxygen atoms in total. The van der Waals surface area contributed by atoms with Crippen LogP contribution < -0.4 is 10.1 Å². The fourth-order valence-corrected chi connectivity index (χ4v) is 3.85. The largest absolute Gasteiger partial charge is 0.489 e. The van der Waals surface area contributed by atoms with E-state index in [-0.39, 0.29) is 24.9 Å². The Balaban J connectivity index is 2.14. The van der Waals surface area contributed by atoms with Crippen LogP contribution in [0.5, 0.6) is 5.75 Å². The highest BCUT2D eigenvalue weighted by Gasteiger charge is 2.43.